The number of aryl methyl sites for hydroxylation is 1. The topological polar surface area (TPSA) is 74.9 Å². The predicted molar refractivity (Wildman–Crippen MR) is 121 cm³/mol. The van der Waals surface area contributed by atoms with Gasteiger partial charge in [0, 0.05) is 43.2 Å². The normalized spacial score (nSPS) is 17.0. The van der Waals surface area contributed by atoms with Gasteiger partial charge in [0.1, 0.15) is 11.3 Å². The Bertz CT molecular complexity index is 1070. The second kappa shape index (κ2) is 9.64. The van der Waals surface area contributed by atoms with E-state index in [1.54, 1.807) is 12.1 Å². The van der Waals surface area contributed by atoms with Crippen molar-refractivity contribution in [1.82, 2.24) is 10.2 Å². The first kappa shape index (κ1) is 21.6. The minimum Gasteiger partial charge on any atom is -0.508 e. The lowest BCUT2D eigenvalue weighted by Gasteiger charge is -2.38. The van der Waals surface area contributed by atoms with Gasteiger partial charge in [0.2, 0.25) is 0 Å². The van der Waals surface area contributed by atoms with Gasteiger partial charge in [0.15, 0.2) is 0 Å². The zero-order valence-electron chi connectivity index (χ0n) is 18.1. The predicted octanol–water partition coefficient (Wildman–Crippen LogP) is 3.61. The molecule has 0 unspecified atom stereocenters. The van der Waals surface area contributed by atoms with Crippen LogP contribution in [0.25, 0.3) is 11.0 Å². The van der Waals surface area contributed by atoms with Crippen LogP contribution in [-0.4, -0.2) is 42.4 Å². The molecule has 3 aromatic rings. The molecule has 0 spiro atoms. The van der Waals surface area contributed by atoms with Crippen molar-refractivity contribution in [2.24, 2.45) is 0 Å². The molecule has 0 bridgehead atoms. The van der Waals surface area contributed by atoms with Crippen LogP contribution in [0.15, 0.2) is 57.7 Å². The number of hydrogen-bond donors (Lipinski definition) is 2. The molecule has 0 radical (unpaired) electrons. The van der Waals surface area contributed by atoms with Crippen molar-refractivity contribution in [1.29, 1.82) is 0 Å². The van der Waals surface area contributed by atoms with Crippen molar-refractivity contribution in [3.63, 3.8) is 0 Å². The summed E-state index contributed by atoms with van der Waals surface area (Å²) >= 11 is 0. The maximum absolute atomic E-state index is 12.1. The molecule has 1 saturated heterocycles. The molecule has 6 nitrogen and oxygen atoms in total. The zero-order chi connectivity index (χ0) is 21.8. The van der Waals surface area contributed by atoms with E-state index in [9.17, 15) is 9.90 Å². The highest BCUT2D eigenvalue weighted by molar-refractivity contribution is 5.82. The summed E-state index contributed by atoms with van der Waals surface area (Å²) in [5.74, 6) is 0.160. The van der Waals surface area contributed by atoms with Gasteiger partial charge in [-0.1, -0.05) is 37.3 Å². The van der Waals surface area contributed by atoms with Crippen molar-refractivity contribution in [3.05, 3.63) is 75.6 Å². The monoisotopic (exact) mass is 422 g/mol. The number of fused-ring (bicyclic) bond motifs is 1. The van der Waals surface area contributed by atoms with E-state index in [4.69, 9.17) is 9.15 Å². The molecule has 2 aromatic carbocycles. The fraction of sp³-hybridized carbons (Fsp3) is 0.400. The van der Waals surface area contributed by atoms with E-state index in [0.29, 0.717) is 18.5 Å². The SMILES string of the molecule is CCc1cc2c(CN[C@@H](C)[C@@H](c3ccccc3)N3CCOCC3)cc(=O)oc2cc1O. The number of morpholine rings is 1. The number of nitrogens with zero attached hydrogens (tertiary/aromatic N) is 1. The maximum atomic E-state index is 12.1. The average molecular weight is 423 g/mol. The van der Waals surface area contributed by atoms with E-state index in [1.165, 1.54) is 5.56 Å². The van der Waals surface area contributed by atoms with Crippen LogP contribution in [0, 0.1) is 0 Å². The molecule has 0 saturated carbocycles. The Morgan fingerprint density at radius 3 is 2.55 bits per heavy atom. The first-order chi connectivity index (χ1) is 15.1. The van der Waals surface area contributed by atoms with Gasteiger partial charge in [0.05, 0.1) is 19.3 Å². The Hall–Kier alpha value is -2.67. The molecule has 1 aliphatic heterocycles. The molecular weight excluding hydrogens is 392 g/mol. The number of benzene rings is 2. The lowest BCUT2D eigenvalue weighted by Crippen LogP contribution is -2.46. The van der Waals surface area contributed by atoms with E-state index in [-0.39, 0.29) is 17.8 Å². The van der Waals surface area contributed by atoms with Gasteiger partial charge in [-0.15, -0.1) is 0 Å². The maximum Gasteiger partial charge on any atom is 0.336 e. The summed E-state index contributed by atoms with van der Waals surface area (Å²) in [4.78, 5) is 14.6. The number of aromatic hydroxyl groups is 1. The zero-order valence-corrected chi connectivity index (χ0v) is 18.1. The molecule has 1 aromatic heterocycles. The fourth-order valence-electron chi connectivity index (χ4n) is 4.44. The number of rotatable bonds is 7. The fourth-order valence-corrected chi connectivity index (χ4v) is 4.44. The molecule has 164 valence electrons. The average Bonchev–Trinajstić information content (AvgIpc) is 2.78. The highest BCUT2D eigenvalue weighted by atomic mass is 16.5. The van der Waals surface area contributed by atoms with Crippen LogP contribution >= 0.6 is 0 Å². The second-order valence-electron chi connectivity index (χ2n) is 8.09. The lowest BCUT2D eigenvalue weighted by molar-refractivity contribution is 0.00855. The van der Waals surface area contributed by atoms with Crippen molar-refractivity contribution < 1.29 is 14.3 Å². The summed E-state index contributed by atoms with van der Waals surface area (Å²) in [6, 6.07) is 15.9. The molecule has 4 rings (SSSR count). The highest BCUT2D eigenvalue weighted by Gasteiger charge is 2.27. The number of nitrogens with one attached hydrogen (secondary N) is 1. The van der Waals surface area contributed by atoms with Crippen molar-refractivity contribution in [2.45, 2.75) is 38.9 Å². The first-order valence-corrected chi connectivity index (χ1v) is 11.0. The Balaban J connectivity index is 1.61. The van der Waals surface area contributed by atoms with Gasteiger partial charge in [-0.2, -0.15) is 0 Å². The van der Waals surface area contributed by atoms with Crippen LogP contribution in [-0.2, 0) is 17.7 Å². The lowest BCUT2D eigenvalue weighted by atomic mass is 9.97. The summed E-state index contributed by atoms with van der Waals surface area (Å²) < 4.78 is 10.9. The third-order valence-corrected chi connectivity index (χ3v) is 6.08. The van der Waals surface area contributed by atoms with E-state index < -0.39 is 5.63 Å². The van der Waals surface area contributed by atoms with E-state index in [1.807, 2.05) is 19.1 Å². The van der Waals surface area contributed by atoms with Crippen LogP contribution in [0.1, 0.15) is 36.6 Å². The molecule has 1 fully saturated rings. The van der Waals surface area contributed by atoms with E-state index >= 15 is 0 Å². The minimum absolute atomic E-state index is 0.144. The molecule has 0 aliphatic carbocycles. The summed E-state index contributed by atoms with van der Waals surface area (Å²) in [5, 5.41) is 14.7. The Labute approximate surface area is 182 Å². The number of phenolic OH excluding ortho intramolecular Hbond substituents is 1. The molecule has 1 aliphatic rings. The molecule has 2 atom stereocenters. The molecule has 2 N–H and O–H groups in total. The van der Waals surface area contributed by atoms with Gasteiger partial charge >= 0.3 is 5.63 Å². The van der Waals surface area contributed by atoms with E-state index in [0.717, 1.165) is 42.8 Å². The molecule has 31 heavy (non-hydrogen) atoms. The molecule has 6 heteroatoms. The van der Waals surface area contributed by atoms with Crippen LogP contribution in [0.5, 0.6) is 5.75 Å². The number of ether oxygens (including phenoxy) is 1. The molecular formula is C25H30N2O4. The Kier molecular flexibility index (Phi) is 6.70. The Morgan fingerprint density at radius 1 is 1.10 bits per heavy atom. The van der Waals surface area contributed by atoms with Gasteiger partial charge in [0.25, 0.3) is 0 Å². The Morgan fingerprint density at radius 2 is 1.84 bits per heavy atom. The largest absolute Gasteiger partial charge is 0.508 e. The highest BCUT2D eigenvalue weighted by Crippen LogP contribution is 2.28. The van der Waals surface area contributed by atoms with Gasteiger partial charge in [-0.05, 0) is 36.1 Å². The van der Waals surface area contributed by atoms with Gasteiger partial charge < -0.3 is 19.6 Å². The minimum atomic E-state index is -0.409. The number of phenols is 1. The molecule has 0 amide bonds. The summed E-state index contributed by atoms with van der Waals surface area (Å²) in [7, 11) is 0. The third kappa shape index (κ3) is 4.82. The summed E-state index contributed by atoms with van der Waals surface area (Å²) in [5.41, 5.74) is 2.99. The van der Waals surface area contributed by atoms with Crippen molar-refractivity contribution in [3.8, 4) is 5.75 Å². The smallest absolute Gasteiger partial charge is 0.336 e. The summed E-state index contributed by atoms with van der Waals surface area (Å²) in [6.45, 7) is 7.97. The van der Waals surface area contributed by atoms with Crippen LogP contribution in [0.3, 0.4) is 0 Å². The van der Waals surface area contributed by atoms with Crippen LogP contribution < -0.4 is 10.9 Å². The van der Waals surface area contributed by atoms with E-state index in [2.05, 4.69) is 41.4 Å². The quantitative estimate of drug-likeness (QED) is 0.567. The first-order valence-electron chi connectivity index (χ1n) is 11.0. The number of hydrogen-bond acceptors (Lipinski definition) is 6. The second-order valence-corrected chi connectivity index (χ2v) is 8.09. The van der Waals surface area contributed by atoms with Crippen molar-refractivity contribution >= 4 is 11.0 Å². The standard InChI is InChI=1S/C25H30N2O4/c1-3-18-13-21-20(14-24(29)31-23(21)15-22(18)28)16-26-17(2)25(19-7-5-4-6-8-19)27-9-11-30-12-10-27/h4-8,13-15,17,25-26,28H,3,9-12,16H2,1-2H3/t17-,25-/m0/s1. The van der Waals surface area contributed by atoms with Gasteiger partial charge in [-0.25, -0.2) is 4.79 Å². The summed E-state index contributed by atoms with van der Waals surface area (Å²) in [6.07, 6.45) is 0.706. The van der Waals surface area contributed by atoms with Crippen molar-refractivity contribution in [2.75, 3.05) is 26.3 Å². The van der Waals surface area contributed by atoms with Gasteiger partial charge in [-0.3, -0.25) is 4.90 Å². The molecule has 2 heterocycles. The van der Waals surface area contributed by atoms with Crippen LogP contribution in [0.2, 0.25) is 0 Å². The third-order valence-electron chi connectivity index (χ3n) is 6.08. The van der Waals surface area contributed by atoms with Crippen LogP contribution in [0.4, 0.5) is 0 Å².